The molecule has 1 amide bonds. The molecule has 1 aromatic heterocycles. The summed E-state index contributed by atoms with van der Waals surface area (Å²) in [5.41, 5.74) is 5.35. The maximum Gasteiger partial charge on any atom is 0.267 e. The van der Waals surface area contributed by atoms with Crippen molar-refractivity contribution >= 4 is 32.9 Å². The Balaban J connectivity index is 1.44. The first-order valence-corrected chi connectivity index (χ1v) is 14.6. The van der Waals surface area contributed by atoms with Gasteiger partial charge in [0.15, 0.2) is 0 Å². The van der Waals surface area contributed by atoms with Gasteiger partial charge >= 0.3 is 0 Å². The Morgan fingerprint density at radius 3 is 2.58 bits per heavy atom. The van der Waals surface area contributed by atoms with E-state index in [2.05, 4.69) is 27.9 Å². The van der Waals surface area contributed by atoms with Crippen LogP contribution in [-0.2, 0) is 27.8 Å². The van der Waals surface area contributed by atoms with Gasteiger partial charge in [-0.3, -0.25) is 10.0 Å². The quantitative estimate of drug-likeness (QED) is 0.186. The Hall–Kier alpha value is -3.02. The van der Waals surface area contributed by atoms with E-state index in [4.69, 9.17) is 5.21 Å². The summed E-state index contributed by atoms with van der Waals surface area (Å²) in [5, 5.41) is 9.75. The van der Waals surface area contributed by atoms with Crippen LogP contribution in [0.4, 0.5) is 0 Å². The lowest BCUT2D eigenvalue weighted by atomic mass is 10.1. The van der Waals surface area contributed by atoms with Crippen molar-refractivity contribution in [1.29, 1.82) is 0 Å². The molecule has 1 aliphatic heterocycles. The van der Waals surface area contributed by atoms with Gasteiger partial charge in [0.25, 0.3) is 5.91 Å². The molecule has 0 radical (unpaired) electrons. The molecule has 0 bridgehead atoms. The predicted molar refractivity (Wildman–Crippen MR) is 150 cm³/mol. The van der Waals surface area contributed by atoms with Gasteiger partial charge < -0.3 is 14.8 Å². The summed E-state index contributed by atoms with van der Waals surface area (Å²) >= 11 is 0. The van der Waals surface area contributed by atoms with Crippen LogP contribution in [0.25, 0.3) is 17.0 Å². The molecule has 10 heteroatoms. The van der Waals surface area contributed by atoms with E-state index in [0.29, 0.717) is 19.4 Å². The third kappa shape index (κ3) is 7.75. The number of H-pyrrole nitrogens is 1. The van der Waals surface area contributed by atoms with E-state index in [-0.39, 0.29) is 12.3 Å². The highest BCUT2D eigenvalue weighted by Crippen LogP contribution is 2.20. The monoisotopic (exact) mass is 539 g/mol. The zero-order chi connectivity index (χ0) is 27.0. The first-order chi connectivity index (χ1) is 18.3. The largest absolute Gasteiger partial charge is 0.361 e. The molecule has 0 atom stereocenters. The Labute approximate surface area is 224 Å². The van der Waals surface area contributed by atoms with Crippen molar-refractivity contribution < 1.29 is 18.4 Å². The second-order valence-corrected chi connectivity index (χ2v) is 11.9. The summed E-state index contributed by atoms with van der Waals surface area (Å²) in [6.07, 6.45) is 5.99. The summed E-state index contributed by atoms with van der Waals surface area (Å²) < 4.78 is 28.7. The maximum atomic E-state index is 13.5. The number of hydrogen-bond donors (Lipinski definition) is 3. The van der Waals surface area contributed by atoms with Crippen molar-refractivity contribution in [2.24, 2.45) is 0 Å². The number of hydroxylamine groups is 1. The fourth-order valence-corrected chi connectivity index (χ4v) is 6.19. The van der Waals surface area contributed by atoms with Gasteiger partial charge in [0.1, 0.15) is 0 Å². The number of amides is 1. The number of carbonyl (C=O) groups excluding carboxylic acids is 1. The predicted octanol–water partition coefficient (Wildman–Crippen LogP) is 2.70. The number of fused-ring (bicyclic) bond motifs is 1. The molecule has 2 heterocycles. The van der Waals surface area contributed by atoms with Crippen molar-refractivity contribution in [2.75, 3.05) is 52.1 Å². The van der Waals surface area contributed by atoms with Gasteiger partial charge in [0.05, 0.1) is 5.75 Å². The van der Waals surface area contributed by atoms with Crippen molar-refractivity contribution in [3.63, 3.8) is 0 Å². The van der Waals surface area contributed by atoms with Crippen molar-refractivity contribution in [2.45, 2.75) is 19.4 Å². The number of rotatable bonds is 12. The van der Waals surface area contributed by atoms with Gasteiger partial charge in [0, 0.05) is 62.4 Å². The number of nitrogens with one attached hydrogen (secondary N) is 2. The van der Waals surface area contributed by atoms with Crippen LogP contribution < -0.4 is 5.48 Å². The number of para-hydroxylation sites is 1. The number of piperazine rings is 1. The van der Waals surface area contributed by atoms with Crippen LogP contribution in [0.15, 0.2) is 60.8 Å². The lowest BCUT2D eigenvalue weighted by Gasteiger charge is -2.32. The van der Waals surface area contributed by atoms with E-state index in [1.165, 1.54) is 6.08 Å². The van der Waals surface area contributed by atoms with E-state index < -0.39 is 15.9 Å². The van der Waals surface area contributed by atoms with Gasteiger partial charge in [-0.1, -0.05) is 42.5 Å². The Morgan fingerprint density at radius 1 is 1.11 bits per heavy atom. The molecule has 0 unspecified atom stereocenters. The topological polar surface area (TPSA) is 109 Å². The number of likely N-dealkylation sites (N-methyl/N-ethyl adjacent to an activating group) is 1. The first-order valence-electron chi connectivity index (χ1n) is 13.0. The SMILES string of the molecule is CN1CCN(CCCS(=O)(=O)N(CCc2c[nH]c3ccccc23)Cc2ccc(/C=C/C(=O)NO)cc2)CC1. The average Bonchev–Trinajstić information content (AvgIpc) is 3.34. The molecule has 38 heavy (non-hydrogen) atoms. The first kappa shape index (κ1) is 28.0. The zero-order valence-corrected chi connectivity index (χ0v) is 22.7. The molecule has 204 valence electrons. The second kappa shape index (κ2) is 13.2. The van der Waals surface area contributed by atoms with Gasteiger partial charge in [-0.2, -0.15) is 4.31 Å². The molecule has 0 spiro atoms. The fraction of sp³-hybridized carbons (Fsp3) is 0.393. The van der Waals surface area contributed by atoms with E-state index in [0.717, 1.165) is 60.3 Å². The molecule has 1 saturated heterocycles. The molecule has 4 rings (SSSR count). The third-order valence-electron chi connectivity index (χ3n) is 7.05. The standard InChI is InChI=1S/C28H37N5O4S/c1-31-16-18-32(19-17-31)14-4-20-38(36,37)33(15-13-25-21-29-27-6-3-2-5-26(25)27)22-24-9-7-23(8-10-24)11-12-28(34)30-35/h2-3,5-12,21,29,35H,4,13-20,22H2,1H3,(H,30,34)/b12-11+. The minimum atomic E-state index is -3.48. The molecular formula is C28H37N5O4S. The van der Waals surface area contributed by atoms with Crippen molar-refractivity contribution in [3.05, 3.63) is 77.5 Å². The molecule has 0 saturated carbocycles. The number of aromatic nitrogens is 1. The van der Waals surface area contributed by atoms with E-state index in [9.17, 15) is 13.2 Å². The Bertz CT molecular complexity index is 1330. The number of aromatic amines is 1. The summed E-state index contributed by atoms with van der Waals surface area (Å²) in [5.74, 6) is -0.496. The summed E-state index contributed by atoms with van der Waals surface area (Å²) in [6, 6.07) is 15.4. The smallest absolute Gasteiger partial charge is 0.267 e. The highest BCUT2D eigenvalue weighted by atomic mass is 32.2. The normalized spacial score (nSPS) is 15.6. The number of benzene rings is 2. The highest BCUT2D eigenvalue weighted by molar-refractivity contribution is 7.89. The van der Waals surface area contributed by atoms with Crippen LogP contribution in [0.3, 0.4) is 0 Å². The number of nitrogens with zero attached hydrogens (tertiary/aromatic N) is 3. The molecule has 1 fully saturated rings. The summed E-state index contributed by atoms with van der Waals surface area (Å²) in [6.45, 7) is 5.42. The average molecular weight is 540 g/mol. The number of hydrogen-bond acceptors (Lipinski definition) is 6. The minimum absolute atomic E-state index is 0.115. The molecular weight excluding hydrogens is 502 g/mol. The van der Waals surface area contributed by atoms with Crippen molar-refractivity contribution in [3.8, 4) is 0 Å². The third-order valence-corrected chi connectivity index (χ3v) is 8.95. The van der Waals surface area contributed by atoms with Gasteiger partial charge in [-0.05, 0) is 55.3 Å². The molecule has 9 nitrogen and oxygen atoms in total. The van der Waals surface area contributed by atoms with Crippen LogP contribution >= 0.6 is 0 Å². The van der Waals surface area contributed by atoms with E-state index in [1.807, 2.05) is 48.7 Å². The zero-order valence-electron chi connectivity index (χ0n) is 21.8. The van der Waals surface area contributed by atoms with Crippen LogP contribution in [0.5, 0.6) is 0 Å². The molecule has 0 aliphatic carbocycles. The van der Waals surface area contributed by atoms with Crippen LogP contribution in [0.2, 0.25) is 0 Å². The van der Waals surface area contributed by atoms with E-state index >= 15 is 0 Å². The van der Waals surface area contributed by atoms with Crippen LogP contribution in [-0.4, -0.2) is 90.7 Å². The highest BCUT2D eigenvalue weighted by Gasteiger charge is 2.23. The fourth-order valence-electron chi connectivity index (χ4n) is 4.72. The lowest BCUT2D eigenvalue weighted by Crippen LogP contribution is -2.45. The summed E-state index contributed by atoms with van der Waals surface area (Å²) in [4.78, 5) is 19.1. The number of sulfonamides is 1. The number of carbonyl (C=O) groups is 1. The maximum absolute atomic E-state index is 13.5. The minimum Gasteiger partial charge on any atom is -0.361 e. The Kier molecular flexibility index (Phi) is 9.70. The van der Waals surface area contributed by atoms with Crippen LogP contribution in [0, 0.1) is 0 Å². The van der Waals surface area contributed by atoms with E-state index in [1.54, 1.807) is 15.9 Å². The van der Waals surface area contributed by atoms with Gasteiger partial charge in [-0.15, -0.1) is 0 Å². The lowest BCUT2D eigenvalue weighted by molar-refractivity contribution is -0.124. The Morgan fingerprint density at radius 2 is 1.84 bits per heavy atom. The van der Waals surface area contributed by atoms with Crippen LogP contribution in [0.1, 0.15) is 23.1 Å². The van der Waals surface area contributed by atoms with Gasteiger partial charge in [-0.25, -0.2) is 13.9 Å². The molecule has 2 aromatic carbocycles. The second-order valence-electron chi connectivity index (χ2n) is 9.81. The summed E-state index contributed by atoms with van der Waals surface area (Å²) in [7, 11) is -1.37. The van der Waals surface area contributed by atoms with Crippen molar-refractivity contribution in [1.82, 2.24) is 24.6 Å². The molecule has 1 aliphatic rings. The van der Waals surface area contributed by atoms with Gasteiger partial charge in [0.2, 0.25) is 10.0 Å². The molecule has 3 aromatic rings. The molecule has 3 N–H and O–H groups in total.